The van der Waals surface area contributed by atoms with E-state index in [0.29, 0.717) is 5.82 Å². The van der Waals surface area contributed by atoms with Gasteiger partial charge in [-0.3, -0.25) is 4.79 Å². The van der Waals surface area contributed by atoms with Crippen LogP contribution in [0, 0.1) is 5.92 Å². The molecule has 16 heavy (non-hydrogen) atoms. The van der Waals surface area contributed by atoms with Crippen LogP contribution in [0.1, 0.15) is 13.8 Å². The maximum absolute atomic E-state index is 11.4. The fourth-order valence-electron chi connectivity index (χ4n) is 0.887. The zero-order valence-corrected chi connectivity index (χ0v) is 9.30. The number of carbonyl (C=O) groups excluding carboxylic acids is 1. The largest absolute Gasteiger partial charge is 0.461 e. The number of amides is 1. The zero-order chi connectivity index (χ0) is 12.0. The van der Waals surface area contributed by atoms with Crippen LogP contribution in [0.2, 0.25) is 0 Å². The highest BCUT2D eigenvalue weighted by molar-refractivity contribution is 5.91. The van der Waals surface area contributed by atoms with Crippen LogP contribution < -0.4 is 10.1 Å². The van der Waals surface area contributed by atoms with Gasteiger partial charge >= 0.3 is 6.01 Å². The average molecular weight is 225 g/mol. The van der Waals surface area contributed by atoms with E-state index in [1.807, 2.05) is 0 Å². The number of carbonyl (C=O) groups is 1. The van der Waals surface area contributed by atoms with Crippen molar-refractivity contribution in [3.05, 3.63) is 12.3 Å². The van der Waals surface area contributed by atoms with Gasteiger partial charge < -0.3 is 15.2 Å². The number of ether oxygens (including phenoxy) is 1. The van der Waals surface area contributed by atoms with Crippen LogP contribution in [0.25, 0.3) is 0 Å². The Morgan fingerprint density at radius 3 is 3.00 bits per heavy atom. The van der Waals surface area contributed by atoms with E-state index in [1.165, 1.54) is 6.20 Å². The van der Waals surface area contributed by atoms with Crippen LogP contribution in [0.4, 0.5) is 5.82 Å². The van der Waals surface area contributed by atoms with Gasteiger partial charge in [0.15, 0.2) is 0 Å². The van der Waals surface area contributed by atoms with Gasteiger partial charge in [-0.05, 0) is 6.07 Å². The summed E-state index contributed by atoms with van der Waals surface area (Å²) in [4.78, 5) is 19.2. The third-order valence-corrected chi connectivity index (χ3v) is 1.73. The van der Waals surface area contributed by atoms with Crippen molar-refractivity contribution < 1.29 is 14.6 Å². The van der Waals surface area contributed by atoms with E-state index in [0.717, 1.165) is 0 Å². The van der Waals surface area contributed by atoms with Crippen molar-refractivity contribution in [1.29, 1.82) is 0 Å². The minimum absolute atomic E-state index is 0.105. The molecule has 0 aliphatic rings. The van der Waals surface area contributed by atoms with E-state index in [2.05, 4.69) is 15.3 Å². The normalized spacial score (nSPS) is 10.2. The number of nitrogens with one attached hydrogen (secondary N) is 1. The summed E-state index contributed by atoms with van der Waals surface area (Å²) < 4.78 is 5.01. The lowest BCUT2D eigenvalue weighted by atomic mass is 10.2. The van der Waals surface area contributed by atoms with E-state index in [-0.39, 0.29) is 31.0 Å². The second kappa shape index (κ2) is 6.02. The van der Waals surface area contributed by atoms with Crippen LogP contribution in [0.15, 0.2) is 12.3 Å². The van der Waals surface area contributed by atoms with Crippen LogP contribution in [0.5, 0.6) is 6.01 Å². The first-order chi connectivity index (χ1) is 7.63. The van der Waals surface area contributed by atoms with E-state index in [1.54, 1.807) is 19.9 Å². The molecule has 0 saturated carbocycles. The predicted molar refractivity (Wildman–Crippen MR) is 58.1 cm³/mol. The summed E-state index contributed by atoms with van der Waals surface area (Å²) >= 11 is 0. The minimum Gasteiger partial charge on any atom is -0.461 e. The van der Waals surface area contributed by atoms with Crippen molar-refractivity contribution in [3.8, 4) is 6.01 Å². The second-order valence-electron chi connectivity index (χ2n) is 3.44. The summed E-state index contributed by atoms with van der Waals surface area (Å²) in [7, 11) is 0. The Kier molecular flexibility index (Phi) is 4.65. The first-order valence-corrected chi connectivity index (χ1v) is 5.01. The Balaban J connectivity index is 2.63. The smallest absolute Gasteiger partial charge is 0.318 e. The third-order valence-electron chi connectivity index (χ3n) is 1.73. The molecule has 0 aliphatic carbocycles. The zero-order valence-electron chi connectivity index (χ0n) is 9.30. The quantitative estimate of drug-likeness (QED) is 0.759. The highest BCUT2D eigenvalue weighted by atomic mass is 16.5. The lowest BCUT2D eigenvalue weighted by Gasteiger charge is -2.07. The van der Waals surface area contributed by atoms with Crippen LogP contribution in [-0.4, -0.2) is 34.2 Å². The molecule has 1 rings (SSSR count). The Labute approximate surface area is 93.7 Å². The highest BCUT2D eigenvalue weighted by Crippen LogP contribution is 2.08. The molecule has 6 heteroatoms. The van der Waals surface area contributed by atoms with Crippen LogP contribution in [-0.2, 0) is 4.79 Å². The number of aromatic nitrogens is 2. The Morgan fingerprint density at radius 1 is 1.62 bits per heavy atom. The van der Waals surface area contributed by atoms with Crippen molar-refractivity contribution in [3.63, 3.8) is 0 Å². The molecule has 0 saturated heterocycles. The van der Waals surface area contributed by atoms with Gasteiger partial charge in [0.2, 0.25) is 5.91 Å². The topological polar surface area (TPSA) is 84.3 Å². The second-order valence-corrected chi connectivity index (χ2v) is 3.44. The summed E-state index contributed by atoms with van der Waals surface area (Å²) in [5.74, 6) is 0.158. The number of anilines is 1. The molecule has 0 aromatic carbocycles. The number of hydrogen-bond donors (Lipinski definition) is 2. The predicted octanol–water partition coefficient (Wildman–Crippen LogP) is 0.442. The highest BCUT2D eigenvalue weighted by Gasteiger charge is 2.08. The maximum atomic E-state index is 11.4. The molecule has 0 spiro atoms. The van der Waals surface area contributed by atoms with Crippen LogP contribution >= 0.6 is 0 Å². The van der Waals surface area contributed by atoms with Crippen molar-refractivity contribution in [1.82, 2.24) is 9.97 Å². The minimum atomic E-state index is -0.119. The molecule has 1 amide bonds. The van der Waals surface area contributed by atoms with Crippen molar-refractivity contribution in [2.75, 3.05) is 18.5 Å². The van der Waals surface area contributed by atoms with Gasteiger partial charge in [-0.25, -0.2) is 4.98 Å². The van der Waals surface area contributed by atoms with E-state index in [4.69, 9.17) is 9.84 Å². The molecule has 0 fully saturated rings. The van der Waals surface area contributed by atoms with E-state index >= 15 is 0 Å². The summed E-state index contributed by atoms with van der Waals surface area (Å²) in [6.07, 6.45) is 1.48. The standard InChI is InChI=1S/C10H15N3O3/c1-7(2)9(15)12-8-3-4-11-10(13-8)16-6-5-14/h3-4,7,14H,5-6H2,1-2H3,(H,11,12,13,15). The Bertz CT molecular complexity index is 355. The van der Waals surface area contributed by atoms with Gasteiger partial charge in [0, 0.05) is 12.1 Å². The molecule has 2 N–H and O–H groups in total. The average Bonchev–Trinajstić information content (AvgIpc) is 2.26. The van der Waals surface area contributed by atoms with Gasteiger partial charge in [-0.15, -0.1) is 0 Å². The fourth-order valence-corrected chi connectivity index (χ4v) is 0.887. The molecule has 0 unspecified atom stereocenters. The van der Waals surface area contributed by atoms with E-state index < -0.39 is 0 Å². The Morgan fingerprint density at radius 2 is 2.38 bits per heavy atom. The van der Waals surface area contributed by atoms with Crippen molar-refractivity contribution in [2.24, 2.45) is 5.92 Å². The molecule has 0 atom stereocenters. The third kappa shape index (κ3) is 3.82. The van der Waals surface area contributed by atoms with Gasteiger partial charge in [0.25, 0.3) is 0 Å². The van der Waals surface area contributed by atoms with Crippen LogP contribution in [0.3, 0.4) is 0 Å². The van der Waals surface area contributed by atoms with Crippen molar-refractivity contribution in [2.45, 2.75) is 13.8 Å². The maximum Gasteiger partial charge on any atom is 0.318 e. The SMILES string of the molecule is CC(C)C(=O)Nc1ccnc(OCCO)n1. The summed E-state index contributed by atoms with van der Waals surface area (Å²) in [6.45, 7) is 3.60. The molecular formula is C10H15N3O3. The molecule has 1 aromatic heterocycles. The number of aliphatic hydroxyl groups excluding tert-OH is 1. The molecule has 0 bridgehead atoms. The lowest BCUT2D eigenvalue weighted by molar-refractivity contribution is -0.118. The van der Waals surface area contributed by atoms with Crippen molar-refractivity contribution >= 4 is 11.7 Å². The molecular weight excluding hydrogens is 210 g/mol. The lowest BCUT2D eigenvalue weighted by Crippen LogP contribution is -2.18. The number of nitrogens with zero attached hydrogens (tertiary/aromatic N) is 2. The monoisotopic (exact) mass is 225 g/mol. The first kappa shape index (κ1) is 12.4. The number of hydrogen-bond acceptors (Lipinski definition) is 5. The molecule has 88 valence electrons. The molecule has 0 radical (unpaired) electrons. The summed E-state index contributed by atoms with van der Waals surface area (Å²) in [5.41, 5.74) is 0. The number of rotatable bonds is 5. The molecule has 1 aromatic rings. The molecule has 0 aliphatic heterocycles. The fraction of sp³-hybridized carbons (Fsp3) is 0.500. The van der Waals surface area contributed by atoms with E-state index in [9.17, 15) is 4.79 Å². The Hall–Kier alpha value is -1.69. The summed E-state index contributed by atoms with van der Waals surface area (Å²) in [5, 5.41) is 11.2. The summed E-state index contributed by atoms with van der Waals surface area (Å²) in [6, 6.07) is 1.71. The van der Waals surface area contributed by atoms with Gasteiger partial charge in [-0.1, -0.05) is 13.8 Å². The van der Waals surface area contributed by atoms with Gasteiger partial charge in [0.1, 0.15) is 12.4 Å². The number of aliphatic hydroxyl groups is 1. The molecule has 6 nitrogen and oxygen atoms in total. The van der Waals surface area contributed by atoms with Gasteiger partial charge in [-0.2, -0.15) is 4.98 Å². The molecule has 1 heterocycles. The first-order valence-electron chi connectivity index (χ1n) is 5.01. The van der Waals surface area contributed by atoms with Gasteiger partial charge in [0.05, 0.1) is 6.61 Å².